The van der Waals surface area contributed by atoms with Gasteiger partial charge in [0.25, 0.3) is 5.91 Å². The Kier molecular flexibility index (Phi) is 6.08. The fraction of sp³-hybridized carbons (Fsp3) is 0.190. The molecule has 6 heteroatoms. The third kappa shape index (κ3) is 4.46. The van der Waals surface area contributed by atoms with Crippen molar-refractivity contribution < 1.29 is 14.7 Å². The standard InChI is InChI=1S/C21H19NO3S2/c1-14(12-15-8-4-2-5-9-15)13-17-19(23)22(21(26)27-17)18(20(24)25)16-10-6-3-7-11-16/h3-4,6-13,18H,2,5H2,1H3,(H,24,25)/b14-12+,17-13-. The maximum Gasteiger partial charge on any atom is 0.331 e. The second-order valence-electron chi connectivity index (χ2n) is 6.28. The van der Waals surface area contributed by atoms with Crippen molar-refractivity contribution in [2.75, 3.05) is 0 Å². The number of allylic oxidation sites excluding steroid dienone is 7. The number of amides is 1. The Hall–Kier alpha value is -2.44. The topological polar surface area (TPSA) is 57.6 Å². The van der Waals surface area contributed by atoms with E-state index in [4.69, 9.17) is 12.2 Å². The van der Waals surface area contributed by atoms with Crippen LogP contribution in [-0.2, 0) is 9.59 Å². The summed E-state index contributed by atoms with van der Waals surface area (Å²) in [6.07, 6.45) is 12.2. The highest BCUT2D eigenvalue weighted by Crippen LogP contribution is 2.38. The first-order chi connectivity index (χ1) is 13.0. The predicted octanol–water partition coefficient (Wildman–Crippen LogP) is 4.78. The Morgan fingerprint density at radius 3 is 2.67 bits per heavy atom. The lowest BCUT2D eigenvalue weighted by molar-refractivity contribution is -0.145. The number of benzene rings is 1. The predicted molar refractivity (Wildman–Crippen MR) is 112 cm³/mol. The number of rotatable bonds is 5. The van der Waals surface area contributed by atoms with E-state index in [-0.39, 0.29) is 10.2 Å². The van der Waals surface area contributed by atoms with Gasteiger partial charge in [0.2, 0.25) is 0 Å². The van der Waals surface area contributed by atoms with Crippen LogP contribution in [0.2, 0.25) is 0 Å². The molecule has 0 aromatic heterocycles. The summed E-state index contributed by atoms with van der Waals surface area (Å²) in [6, 6.07) is 7.55. The zero-order chi connectivity index (χ0) is 19.4. The van der Waals surface area contributed by atoms with E-state index in [9.17, 15) is 14.7 Å². The largest absolute Gasteiger partial charge is 0.479 e. The molecule has 1 heterocycles. The highest BCUT2D eigenvalue weighted by molar-refractivity contribution is 8.26. The Morgan fingerprint density at radius 1 is 1.30 bits per heavy atom. The number of hydrogen-bond donors (Lipinski definition) is 1. The van der Waals surface area contributed by atoms with E-state index < -0.39 is 12.0 Å². The number of nitrogens with zero attached hydrogens (tertiary/aromatic N) is 1. The minimum atomic E-state index is -1.13. The number of carbonyl (C=O) groups excluding carboxylic acids is 1. The average Bonchev–Trinajstić information content (AvgIpc) is 2.91. The molecule has 1 saturated heterocycles. The molecule has 0 radical (unpaired) electrons. The number of carboxylic acids is 1. The van der Waals surface area contributed by atoms with E-state index in [1.165, 1.54) is 4.90 Å². The fourth-order valence-electron chi connectivity index (χ4n) is 2.99. The van der Waals surface area contributed by atoms with Crippen LogP contribution in [0.3, 0.4) is 0 Å². The van der Waals surface area contributed by atoms with Crippen molar-refractivity contribution in [2.24, 2.45) is 0 Å². The van der Waals surface area contributed by atoms with Gasteiger partial charge in [-0.2, -0.15) is 0 Å². The Morgan fingerprint density at radius 2 is 2.04 bits per heavy atom. The first-order valence-corrected chi connectivity index (χ1v) is 9.79. The molecular formula is C21H19NO3S2. The van der Waals surface area contributed by atoms with E-state index in [0.29, 0.717) is 10.5 Å². The van der Waals surface area contributed by atoms with Crippen LogP contribution in [0.15, 0.2) is 76.8 Å². The molecule has 1 N–H and O–H groups in total. The summed E-state index contributed by atoms with van der Waals surface area (Å²) < 4.78 is 0.257. The lowest BCUT2D eigenvalue weighted by Gasteiger charge is -2.23. The molecule has 1 aromatic rings. The van der Waals surface area contributed by atoms with Crippen molar-refractivity contribution in [3.8, 4) is 0 Å². The van der Waals surface area contributed by atoms with Crippen molar-refractivity contribution in [2.45, 2.75) is 25.8 Å². The molecule has 1 unspecified atom stereocenters. The van der Waals surface area contributed by atoms with Crippen molar-refractivity contribution in [3.05, 3.63) is 82.3 Å². The van der Waals surface area contributed by atoms with Crippen LogP contribution in [0.4, 0.5) is 0 Å². The highest BCUT2D eigenvalue weighted by Gasteiger charge is 2.41. The SMILES string of the molecule is CC(/C=C1\SC(=S)N(C(C(=O)O)c2ccccc2)C1=O)=C\C1=CCCC=C1. The van der Waals surface area contributed by atoms with Gasteiger partial charge in [0.15, 0.2) is 6.04 Å². The van der Waals surface area contributed by atoms with Gasteiger partial charge in [0, 0.05) is 0 Å². The second kappa shape index (κ2) is 8.50. The van der Waals surface area contributed by atoms with Crippen LogP contribution in [0.5, 0.6) is 0 Å². The van der Waals surface area contributed by atoms with Crippen LogP contribution in [-0.4, -0.2) is 26.2 Å². The molecule has 1 amide bonds. The smallest absolute Gasteiger partial charge is 0.331 e. The molecular weight excluding hydrogens is 378 g/mol. The monoisotopic (exact) mass is 397 g/mol. The molecule has 4 nitrogen and oxygen atoms in total. The molecule has 138 valence electrons. The summed E-state index contributed by atoms with van der Waals surface area (Å²) in [7, 11) is 0. The summed E-state index contributed by atoms with van der Waals surface area (Å²) in [5.41, 5.74) is 2.55. The Labute approximate surface area is 167 Å². The van der Waals surface area contributed by atoms with E-state index >= 15 is 0 Å². The molecule has 0 spiro atoms. The molecule has 1 fully saturated rings. The van der Waals surface area contributed by atoms with Gasteiger partial charge in [0.1, 0.15) is 4.32 Å². The molecule has 1 aliphatic heterocycles. The second-order valence-corrected chi connectivity index (χ2v) is 7.95. The lowest BCUT2D eigenvalue weighted by atomic mass is 10.0. The normalized spacial score (nSPS) is 20.2. The number of aliphatic carboxylic acids is 1. The number of thiocarbonyl (C=S) groups is 1. The summed E-state index contributed by atoms with van der Waals surface area (Å²) in [5.74, 6) is -1.48. The van der Waals surface area contributed by atoms with Crippen molar-refractivity contribution >= 4 is 40.2 Å². The first kappa shape index (κ1) is 19.3. The molecule has 2 aliphatic rings. The Balaban J connectivity index is 1.88. The highest BCUT2D eigenvalue weighted by atomic mass is 32.2. The van der Waals surface area contributed by atoms with E-state index in [1.54, 1.807) is 36.4 Å². The van der Waals surface area contributed by atoms with Gasteiger partial charge in [0.05, 0.1) is 4.91 Å². The minimum absolute atomic E-state index is 0.257. The zero-order valence-electron chi connectivity index (χ0n) is 14.8. The van der Waals surface area contributed by atoms with Crippen LogP contribution in [0.1, 0.15) is 31.4 Å². The summed E-state index contributed by atoms with van der Waals surface area (Å²) in [4.78, 5) is 26.4. The van der Waals surface area contributed by atoms with Gasteiger partial charge in [-0.05, 0) is 42.6 Å². The average molecular weight is 398 g/mol. The molecule has 3 rings (SSSR count). The molecule has 0 saturated carbocycles. The van der Waals surface area contributed by atoms with Crippen LogP contribution >= 0.6 is 24.0 Å². The number of carboxylic acid groups (broad SMARTS) is 1. The number of hydrogen-bond acceptors (Lipinski definition) is 4. The van der Waals surface area contributed by atoms with E-state index in [2.05, 4.69) is 18.2 Å². The van der Waals surface area contributed by atoms with Crippen LogP contribution in [0, 0.1) is 0 Å². The molecule has 27 heavy (non-hydrogen) atoms. The van der Waals surface area contributed by atoms with Gasteiger partial charge in [-0.25, -0.2) is 4.79 Å². The van der Waals surface area contributed by atoms with Crippen molar-refractivity contribution in [1.82, 2.24) is 4.90 Å². The Bertz CT molecular complexity index is 897. The fourth-order valence-corrected chi connectivity index (χ4v) is 4.35. The van der Waals surface area contributed by atoms with E-state index in [0.717, 1.165) is 35.7 Å². The maximum atomic E-state index is 12.9. The first-order valence-electron chi connectivity index (χ1n) is 8.57. The molecule has 0 bridgehead atoms. The van der Waals surface area contributed by atoms with Gasteiger partial charge in [-0.3, -0.25) is 9.69 Å². The summed E-state index contributed by atoms with van der Waals surface area (Å²) >= 11 is 6.47. The summed E-state index contributed by atoms with van der Waals surface area (Å²) in [6.45, 7) is 1.92. The zero-order valence-corrected chi connectivity index (χ0v) is 16.4. The number of carbonyl (C=O) groups is 2. The molecule has 1 aromatic carbocycles. The minimum Gasteiger partial charge on any atom is -0.479 e. The van der Waals surface area contributed by atoms with Crippen molar-refractivity contribution in [3.63, 3.8) is 0 Å². The third-order valence-electron chi connectivity index (χ3n) is 4.21. The lowest BCUT2D eigenvalue weighted by Crippen LogP contribution is -2.37. The molecule has 1 aliphatic carbocycles. The van der Waals surface area contributed by atoms with Gasteiger partial charge >= 0.3 is 5.97 Å². The summed E-state index contributed by atoms with van der Waals surface area (Å²) in [5, 5.41) is 9.70. The van der Waals surface area contributed by atoms with Crippen molar-refractivity contribution in [1.29, 1.82) is 0 Å². The van der Waals surface area contributed by atoms with Crippen LogP contribution in [0.25, 0.3) is 0 Å². The van der Waals surface area contributed by atoms with Gasteiger partial charge < -0.3 is 5.11 Å². The molecule has 1 atom stereocenters. The quantitative estimate of drug-likeness (QED) is 0.572. The van der Waals surface area contributed by atoms with Crippen LogP contribution < -0.4 is 0 Å². The van der Waals surface area contributed by atoms with E-state index in [1.807, 2.05) is 13.0 Å². The maximum absolute atomic E-state index is 12.9. The van der Waals surface area contributed by atoms with Gasteiger partial charge in [-0.1, -0.05) is 78.6 Å². The third-order valence-corrected chi connectivity index (χ3v) is 5.54. The number of thioether (sulfide) groups is 1. The van der Waals surface area contributed by atoms with Gasteiger partial charge in [-0.15, -0.1) is 0 Å².